The van der Waals surface area contributed by atoms with E-state index >= 15 is 0 Å². The number of nitrogens with one attached hydrogen (secondary N) is 1. The molecule has 0 radical (unpaired) electrons. The highest BCUT2D eigenvalue weighted by Crippen LogP contribution is 2.39. The molecule has 0 aliphatic carbocycles. The fraction of sp³-hybridized carbons (Fsp3) is 0.200. The second kappa shape index (κ2) is 5.40. The van der Waals surface area contributed by atoms with E-state index in [2.05, 4.69) is 73.1 Å². The van der Waals surface area contributed by atoms with E-state index in [1.54, 1.807) is 11.3 Å². The van der Waals surface area contributed by atoms with E-state index in [0.29, 0.717) is 5.95 Å². The number of hydrogen-bond acceptors (Lipinski definition) is 5. The van der Waals surface area contributed by atoms with Crippen LogP contribution in [0.5, 0.6) is 0 Å². The van der Waals surface area contributed by atoms with Gasteiger partial charge < -0.3 is 11.1 Å². The Labute approximate surface area is 140 Å². The summed E-state index contributed by atoms with van der Waals surface area (Å²) in [7, 11) is 0. The van der Waals surface area contributed by atoms with Crippen molar-refractivity contribution in [2.75, 3.05) is 11.1 Å². The highest BCUT2D eigenvalue weighted by atomic mass is 79.9. The smallest absolute Gasteiger partial charge is 0.241 e. The molecule has 7 heteroatoms. The maximum atomic E-state index is 5.79. The van der Waals surface area contributed by atoms with Crippen molar-refractivity contribution in [3.63, 3.8) is 0 Å². The summed E-state index contributed by atoms with van der Waals surface area (Å²) in [5.41, 5.74) is 7.03. The van der Waals surface area contributed by atoms with Crippen molar-refractivity contribution >= 4 is 39.2 Å². The van der Waals surface area contributed by atoms with Gasteiger partial charge in [0.1, 0.15) is 0 Å². The fourth-order valence-corrected chi connectivity index (χ4v) is 3.91. The molecule has 112 valence electrons. The van der Waals surface area contributed by atoms with Crippen LogP contribution in [0, 0.1) is 0 Å². The summed E-state index contributed by atoms with van der Waals surface area (Å²) in [6.07, 6.45) is 0.915. The Morgan fingerprint density at radius 2 is 2.09 bits per heavy atom. The van der Waals surface area contributed by atoms with Crippen LogP contribution in [0.2, 0.25) is 0 Å². The van der Waals surface area contributed by atoms with Gasteiger partial charge in [-0.15, -0.1) is 16.4 Å². The summed E-state index contributed by atoms with van der Waals surface area (Å²) in [6.45, 7) is 0. The van der Waals surface area contributed by atoms with Crippen LogP contribution in [-0.4, -0.2) is 14.8 Å². The van der Waals surface area contributed by atoms with Crippen LogP contribution < -0.4 is 11.1 Å². The second-order valence-corrected chi connectivity index (χ2v) is 7.15. The van der Waals surface area contributed by atoms with Crippen LogP contribution in [0.25, 0.3) is 0 Å². The first-order valence-corrected chi connectivity index (χ1v) is 8.65. The molecule has 2 aromatic heterocycles. The number of aromatic nitrogens is 3. The van der Waals surface area contributed by atoms with Crippen molar-refractivity contribution in [2.45, 2.75) is 18.5 Å². The molecule has 1 aromatic carbocycles. The lowest BCUT2D eigenvalue weighted by Crippen LogP contribution is -2.27. The van der Waals surface area contributed by atoms with Crippen LogP contribution in [0.3, 0.4) is 0 Å². The third kappa shape index (κ3) is 2.40. The predicted octanol–water partition coefficient (Wildman–Crippen LogP) is 3.83. The molecule has 3 heterocycles. The number of anilines is 2. The minimum atomic E-state index is 0.162. The molecular weight excluding hydrogens is 362 g/mol. The Hall–Kier alpha value is -1.86. The lowest BCUT2D eigenvalue weighted by Gasteiger charge is -2.31. The van der Waals surface area contributed by atoms with Gasteiger partial charge in [0.15, 0.2) is 0 Å². The molecule has 3 aromatic rings. The molecule has 0 amide bonds. The van der Waals surface area contributed by atoms with Crippen LogP contribution >= 0.6 is 27.3 Å². The molecule has 4 rings (SSSR count). The second-order valence-electron chi connectivity index (χ2n) is 5.25. The number of nitrogens with zero attached hydrogens (tertiary/aromatic N) is 3. The standard InChI is InChI=1S/C15H14BrN5S/c16-10-5-3-9(4-6-10)11-8-12(13-2-1-7-22-13)21-15(18-11)19-14(17)20-21/h1-7,11-12H,8H2,(H3,17,18,19,20)/t11-,12-/m0/s1. The van der Waals surface area contributed by atoms with E-state index < -0.39 is 0 Å². The molecule has 1 aliphatic heterocycles. The van der Waals surface area contributed by atoms with Crippen molar-refractivity contribution in [1.82, 2.24) is 14.8 Å². The number of fused-ring (bicyclic) bond motifs is 1. The molecule has 0 bridgehead atoms. The summed E-state index contributed by atoms with van der Waals surface area (Å²) >= 11 is 5.22. The zero-order chi connectivity index (χ0) is 15.1. The molecule has 5 nitrogen and oxygen atoms in total. The zero-order valence-electron chi connectivity index (χ0n) is 11.6. The van der Waals surface area contributed by atoms with Gasteiger partial charge in [-0.05, 0) is 35.6 Å². The highest BCUT2D eigenvalue weighted by Gasteiger charge is 2.31. The summed E-state index contributed by atoms with van der Waals surface area (Å²) < 4.78 is 2.98. The van der Waals surface area contributed by atoms with Crippen LogP contribution in [0.4, 0.5) is 11.9 Å². The van der Waals surface area contributed by atoms with Crippen molar-refractivity contribution in [3.8, 4) is 0 Å². The van der Waals surface area contributed by atoms with E-state index in [1.807, 2.05) is 4.68 Å². The van der Waals surface area contributed by atoms with E-state index in [4.69, 9.17) is 5.73 Å². The molecule has 1 aliphatic rings. The number of hydrogen-bond donors (Lipinski definition) is 2. The molecule has 3 N–H and O–H groups in total. The molecule has 0 fully saturated rings. The predicted molar refractivity (Wildman–Crippen MR) is 92.0 cm³/mol. The Morgan fingerprint density at radius 3 is 2.82 bits per heavy atom. The van der Waals surface area contributed by atoms with Crippen LogP contribution in [0.1, 0.15) is 28.9 Å². The van der Waals surface area contributed by atoms with Gasteiger partial charge in [0.2, 0.25) is 11.9 Å². The molecule has 0 unspecified atom stereocenters. The molecular formula is C15H14BrN5S. The summed E-state index contributed by atoms with van der Waals surface area (Å²) in [5.74, 6) is 1.04. The summed E-state index contributed by atoms with van der Waals surface area (Å²) in [6, 6.07) is 12.9. The Balaban J connectivity index is 1.74. The number of nitrogens with two attached hydrogens (primary N) is 1. The lowest BCUT2D eigenvalue weighted by atomic mass is 9.97. The highest BCUT2D eigenvalue weighted by molar-refractivity contribution is 9.10. The summed E-state index contributed by atoms with van der Waals surface area (Å²) in [4.78, 5) is 5.59. The zero-order valence-corrected chi connectivity index (χ0v) is 14.0. The number of benzene rings is 1. The third-order valence-corrected chi connectivity index (χ3v) is 5.35. The van der Waals surface area contributed by atoms with Gasteiger partial charge in [0, 0.05) is 9.35 Å². The van der Waals surface area contributed by atoms with Gasteiger partial charge in [0.05, 0.1) is 12.1 Å². The average molecular weight is 376 g/mol. The van der Waals surface area contributed by atoms with E-state index in [9.17, 15) is 0 Å². The van der Waals surface area contributed by atoms with E-state index in [1.165, 1.54) is 10.4 Å². The van der Waals surface area contributed by atoms with E-state index in [-0.39, 0.29) is 12.1 Å². The van der Waals surface area contributed by atoms with Gasteiger partial charge in [-0.25, -0.2) is 4.68 Å². The number of halogens is 1. The molecule has 0 spiro atoms. The van der Waals surface area contributed by atoms with E-state index in [0.717, 1.165) is 16.8 Å². The first-order valence-electron chi connectivity index (χ1n) is 6.98. The first kappa shape index (κ1) is 13.8. The SMILES string of the molecule is Nc1nc2n(n1)[C@H](c1cccs1)C[C@@H](c1ccc(Br)cc1)N2. The Kier molecular flexibility index (Phi) is 3.38. The van der Waals surface area contributed by atoms with Crippen LogP contribution in [-0.2, 0) is 0 Å². The monoisotopic (exact) mass is 375 g/mol. The number of nitrogen functional groups attached to an aromatic ring is 1. The molecule has 22 heavy (non-hydrogen) atoms. The van der Waals surface area contributed by atoms with Gasteiger partial charge in [-0.2, -0.15) is 4.98 Å². The largest absolute Gasteiger partial charge is 0.366 e. The quantitative estimate of drug-likeness (QED) is 0.713. The Morgan fingerprint density at radius 1 is 1.27 bits per heavy atom. The van der Waals surface area contributed by atoms with Crippen molar-refractivity contribution in [3.05, 3.63) is 56.7 Å². The fourth-order valence-electron chi connectivity index (χ4n) is 2.83. The maximum Gasteiger partial charge on any atom is 0.241 e. The topological polar surface area (TPSA) is 68.8 Å². The average Bonchev–Trinajstić information content (AvgIpc) is 3.15. The first-order chi connectivity index (χ1) is 10.7. The normalized spacial score (nSPS) is 20.4. The lowest BCUT2D eigenvalue weighted by molar-refractivity contribution is 0.437. The number of thiophene rings is 1. The molecule has 2 atom stereocenters. The van der Waals surface area contributed by atoms with Crippen molar-refractivity contribution in [2.24, 2.45) is 0 Å². The minimum Gasteiger partial charge on any atom is -0.366 e. The molecule has 0 saturated carbocycles. The van der Waals surface area contributed by atoms with Gasteiger partial charge in [-0.1, -0.05) is 34.1 Å². The van der Waals surface area contributed by atoms with Crippen LogP contribution in [0.15, 0.2) is 46.3 Å². The third-order valence-electron chi connectivity index (χ3n) is 3.85. The minimum absolute atomic E-state index is 0.162. The van der Waals surface area contributed by atoms with Gasteiger partial charge in [-0.3, -0.25) is 0 Å². The summed E-state index contributed by atoms with van der Waals surface area (Å²) in [5, 5.41) is 9.88. The Bertz CT molecular complexity index is 781. The number of rotatable bonds is 2. The van der Waals surface area contributed by atoms with Gasteiger partial charge >= 0.3 is 0 Å². The maximum absolute atomic E-state index is 5.79. The van der Waals surface area contributed by atoms with Gasteiger partial charge in [0.25, 0.3) is 0 Å². The van der Waals surface area contributed by atoms with Crippen molar-refractivity contribution < 1.29 is 0 Å². The van der Waals surface area contributed by atoms with Crippen molar-refractivity contribution in [1.29, 1.82) is 0 Å². The molecule has 0 saturated heterocycles.